The van der Waals surface area contributed by atoms with Gasteiger partial charge in [-0.05, 0) is 19.8 Å². The Hall–Kier alpha value is -1.24. The second-order valence-electron chi connectivity index (χ2n) is 6.33. The van der Waals surface area contributed by atoms with E-state index in [2.05, 4.69) is 31.7 Å². The van der Waals surface area contributed by atoms with Crippen LogP contribution in [0.2, 0.25) is 0 Å². The zero-order valence-electron chi connectivity index (χ0n) is 12.9. The fraction of sp³-hybridized carbons (Fsp3) is 0.625. The molecule has 4 rings (SSSR count). The molecule has 2 aromatic rings. The lowest BCUT2D eigenvalue weighted by atomic mass is 10.0. The minimum atomic E-state index is 0.357. The van der Waals surface area contributed by atoms with Gasteiger partial charge in [-0.2, -0.15) is 0 Å². The molecule has 0 amide bonds. The molecule has 22 heavy (non-hydrogen) atoms. The molecule has 6 heteroatoms. The lowest BCUT2D eigenvalue weighted by Crippen LogP contribution is -2.50. The van der Waals surface area contributed by atoms with Crippen LogP contribution in [0, 0.1) is 12.8 Å². The largest absolute Gasteiger partial charge is 0.375 e. The van der Waals surface area contributed by atoms with Crippen molar-refractivity contribution in [1.82, 2.24) is 19.4 Å². The fourth-order valence-electron chi connectivity index (χ4n) is 3.88. The number of morpholine rings is 1. The van der Waals surface area contributed by atoms with E-state index in [4.69, 9.17) is 4.74 Å². The number of ether oxygens (including phenoxy) is 1. The maximum absolute atomic E-state index is 6.14. The van der Waals surface area contributed by atoms with Crippen LogP contribution >= 0.6 is 11.3 Å². The molecule has 1 aliphatic carbocycles. The Bertz CT molecular complexity index is 611. The summed E-state index contributed by atoms with van der Waals surface area (Å²) in [6.45, 7) is 5.92. The molecule has 3 atom stereocenters. The average Bonchev–Trinajstić information content (AvgIpc) is 3.23. The van der Waals surface area contributed by atoms with Gasteiger partial charge < -0.3 is 9.30 Å². The van der Waals surface area contributed by atoms with Gasteiger partial charge in [0.15, 0.2) is 0 Å². The molecule has 2 aromatic heterocycles. The van der Waals surface area contributed by atoms with E-state index in [1.807, 2.05) is 18.7 Å². The van der Waals surface area contributed by atoms with E-state index >= 15 is 0 Å². The second kappa shape index (κ2) is 6.10. The molecule has 0 spiro atoms. The van der Waals surface area contributed by atoms with Crippen LogP contribution < -0.4 is 0 Å². The minimum absolute atomic E-state index is 0.357. The molecule has 2 aliphatic rings. The Balaban J connectivity index is 1.44. The third-order valence-electron chi connectivity index (χ3n) is 4.87. The van der Waals surface area contributed by atoms with Gasteiger partial charge in [-0.3, -0.25) is 4.90 Å². The zero-order valence-corrected chi connectivity index (χ0v) is 13.7. The molecule has 0 aromatic carbocycles. The van der Waals surface area contributed by atoms with Crippen molar-refractivity contribution >= 4 is 11.3 Å². The molecule has 0 N–H and O–H groups in total. The van der Waals surface area contributed by atoms with Crippen molar-refractivity contribution in [2.75, 3.05) is 13.2 Å². The summed E-state index contributed by atoms with van der Waals surface area (Å²) in [4.78, 5) is 11.3. The van der Waals surface area contributed by atoms with Crippen molar-refractivity contribution in [2.45, 2.75) is 45.0 Å². The predicted octanol–water partition coefficient (Wildman–Crippen LogP) is 2.33. The molecule has 0 bridgehead atoms. The van der Waals surface area contributed by atoms with E-state index in [1.165, 1.54) is 18.5 Å². The smallest absolute Gasteiger partial charge is 0.0946 e. The highest BCUT2D eigenvalue weighted by Crippen LogP contribution is 2.36. The van der Waals surface area contributed by atoms with Gasteiger partial charge in [-0.15, -0.1) is 11.3 Å². The third kappa shape index (κ3) is 2.83. The van der Waals surface area contributed by atoms with Gasteiger partial charge in [-0.1, -0.05) is 0 Å². The number of imidazole rings is 1. The van der Waals surface area contributed by atoms with Gasteiger partial charge >= 0.3 is 0 Å². The topological polar surface area (TPSA) is 43.2 Å². The first-order chi connectivity index (χ1) is 10.8. The fourth-order valence-corrected chi connectivity index (χ4v) is 4.49. The number of rotatable bonds is 4. The molecular weight excluding hydrogens is 296 g/mol. The first-order valence-electron chi connectivity index (χ1n) is 8.02. The average molecular weight is 318 g/mol. The number of aromatic nitrogens is 3. The van der Waals surface area contributed by atoms with Crippen molar-refractivity contribution in [3.8, 4) is 0 Å². The maximum Gasteiger partial charge on any atom is 0.0946 e. The number of hydrogen-bond acceptors (Lipinski definition) is 5. The molecule has 1 aliphatic heterocycles. The van der Waals surface area contributed by atoms with Gasteiger partial charge in [0.05, 0.1) is 29.7 Å². The summed E-state index contributed by atoms with van der Waals surface area (Å²) in [6.07, 6.45) is 8.63. The van der Waals surface area contributed by atoms with E-state index in [1.54, 1.807) is 11.3 Å². The molecular formula is C16H22N4OS. The first-order valence-corrected chi connectivity index (χ1v) is 8.90. The number of aryl methyl sites for hydroxylation is 1. The van der Waals surface area contributed by atoms with Gasteiger partial charge in [-0.25, -0.2) is 9.97 Å². The quantitative estimate of drug-likeness (QED) is 0.868. The summed E-state index contributed by atoms with van der Waals surface area (Å²) in [5.74, 6) is 0.596. The molecule has 0 radical (unpaired) electrons. The van der Waals surface area contributed by atoms with E-state index in [9.17, 15) is 0 Å². The van der Waals surface area contributed by atoms with Gasteiger partial charge in [0.1, 0.15) is 0 Å². The lowest BCUT2D eigenvalue weighted by molar-refractivity contribution is -0.0788. The summed E-state index contributed by atoms with van der Waals surface area (Å²) >= 11 is 1.74. The summed E-state index contributed by atoms with van der Waals surface area (Å²) in [5, 5.41) is 3.35. The predicted molar refractivity (Wildman–Crippen MR) is 85.7 cm³/mol. The Morgan fingerprint density at radius 2 is 2.36 bits per heavy atom. The molecule has 1 saturated heterocycles. The van der Waals surface area contributed by atoms with E-state index in [0.717, 1.165) is 31.2 Å². The maximum atomic E-state index is 6.14. The van der Waals surface area contributed by atoms with E-state index in [-0.39, 0.29) is 0 Å². The highest BCUT2D eigenvalue weighted by atomic mass is 32.1. The highest BCUT2D eigenvalue weighted by molar-refractivity contribution is 7.09. The van der Waals surface area contributed by atoms with Crippen LogP contribution in [0.1, 0.15) is 23.5 Å². The van der Waals surface area contributed by atoms with E-state index < -0.39 is 0 Å². The van der Waals surface area contributed by atoms with Crippen LogP contribution in [-0.4, -0.2) is 44.7 Å². The van der Waals surface area contributed by atoms with Crippen LogP contribution in [0.5, 0.6) is 0 Å². The first kappa shape index (κ1) is 14.4. The SMILES string of the molecule is Cc1nc(CN2CCOC3C(Cn4ccnc4)CCC32)cs1. The molecule has 3 unspecified atom stereocenters. The normalized spacial score (nSPS) is 28.9. The Morgan fingerprint density at radius 3 is 3.14 bits per heavy atom. The van der Waals surface area contributed by atoms with Crippen LogP contribution in [-0.2, 0) is 17.8 Å². The van der Waals surface area contributed by atoms with Crippen LogP contribution in [0.25, 0.3) is 0 Å². The highest BCUT2D eigenvalue weighted by Gasteiger charge is 2.42. The number of fused-ring (bicyclic) bond motifs is 1. The number of hydrogen-bond donors (Lipinski definition) is 0. The Morgan fingerprint density at radius 1 is 1.41 bits per heavy atom. The molecule has 1 saturated carbocycles. The lowest BCUT2D eigenvalue weighted by Gasteiger charge is -2.39. The van der Waals surface area contributed by atoms with Crippen LogP contribution in [0.3, 0.4) is 0 Å². The van der Waals surface area contributed by atoms with Gasteiger partial charge in [0.25, 0.3) is 0 Å². The molecule has 2 fully saturated rings. The Labute approximate surface area is 134 Å². The van der Waals surface area contributed by atoms with Crippen molar-refractivity contribution < 1.29 is 4.74 Å². The summed E-state index contributed by atoms with van der Waals surface area (Å²) in [5.41, 5.74) is 1.21. The molecule has 3 heterocycles. The molecule has 5 nitrogen and oxygen atoms in total. The van der Waals surface area contributed by atoms with Crippen LogP contribution in [0.4, 0.5) is 0 Å². The third-order valence-corrected chi connectivity index (χ3v) is 5.69. The minimum Gasteiger partial charge on any atom is -0.375 e. The van der Waals surface area contributed by atoms with Gasteiger partial charge in [0.2, 0.25) is 0 Å². The van der Waals surface area contributed by atoms with Crippen molar-refractivity contribution in [3.05, 3.63) is 34.8 Å². The summed E-state index contributed by atoms with van der Waals surface area (Å²) in [7, 11) is 0. The zero-order chi connectivity index (χ0) is 14.9. The van der Waals surface area contributed by atoms with Crippen molar-refractivity contribution in [3.63, 3.8) is 0 Å². The summed E-state index contributed by atoms with van der Waals surface area (Å²) < 4.78 is 8.32. The summed E-state index contributed by atoms with van der Waals surface area (Å²) in [6, 6.07) is 0.546. The standard InChI is InChI=1S/C16H22N4OS/c1-12-18-14(10-22-12)9-20-6-7-21-16-13(2-3-15(16)20)8-19-5-4-17-11-19/h4-5,10-11,13,15-16H,2-3,6-9H2,1H3. The van der Waals surface area contributed by atoms with E-state index in [0.29, 0.717) is 18.1 Å². The van der Waals surface area contributed by atoms with Crippen molar-refractivity contribution in [2.24, 2.45) is 5.92 Å². The Kier molecular flexibility index (Phi) is 3.98. The number of nitrogens with zero attached hydrogens (tertiary/aromatic N) is 4. The second-order valence-corrected chi connectivity index (χ2v) is 7.39. The monoisotopic (exact) mass is 318 g/mol. The number of thiazole rings is 1. The van der Waals surface area contributed by atoms with Crippen LogP contribution in [0.15, 0.2) is 24.1 Å². The van der Waals surface area contributed by atoms with Crippen molar-refractivity contribution in [1.29, 1.82) is 0 Å². The van der Waals surface area contributed by atoms with Gasteiger partial charge in [0, 0.05) is 49.4 Å². The molecule has 118 valence electrons.